The van der Waals surface area contributed by atoms with E-state index in [0.29, 0.717) is 15.2 Å². The van der Waals surface area contributed by atoms with Crippen LogP contribution < -0.4 is 5.32 Å². The molecule has 6 heteroatoms. The van der Waals surface area contributed by atoms with Crippen LogP contribution >= 0.6 is 23.6 Å². The van der Waals surface area contributed by atoms with E-state index in [0.717, 1.165) is 10.6 Å². The van der Waals surface area contributed by atoms with E-state index >= 15 is 0 Å². The second-order valence-corrected chi connectivity index (χ2v) is 5.97. The largest absolute Gasteiger partial charge is 0.341 e. The van der Waals surface area contributed by atoms with Crippen molar-refractivity contribution in [3.8, 4) is 0 Å². The van der Waals surface area contributed by atoms with Gasteiger partial charge in [0.1, 0.15) is 5.82 Å². The highest BCUT2D eigenvalue weighted by molar-refractivity contribution is 7.73. The van der Waals surface area contributed by atoms with E-state index in [4.69, 9.17) is 12.2 Å². The molecule has 0 aliphatic carbocycles. The third-order valence-electron chi connectivity index (χ3n) is 2.79. The Kier molecular flexibility index (Phi) is 4.11. The lowest BCUT2D eigenvalue weighted by molar-refractivity contribution is -0.115. The zero-order valence-electron chi connectivity index (χ0n) is 10.5. The van der Waals surface area contributed by atoms with Crippen molar-refractivity contribution in [3.63, 3.8) is 0 Å². The molecule has 1 aromatic carbocycles. The van der Waals surface area contributed by atoms with Crippen LogP contribution in [0.5, 0.6) is 0 Å². The van der Waals surface area contributed by atoms with Crippen molar-refractivity contribution in [1.29, 1.82) is 0 Å². The van der Waals surface area contributed by atoms with Crippen molar-refractivity contribution >= 4 is 35.1 Å². The van der Waals surface area contributed by atoms with Crippen LogP contribution in [0.3, 0.4) is 0 Å². The number of halogens is 1. The summed E-state index contributed by atoms with van der Waals surface area (Å²) in [4.78, 5) is 15.8. The van der Waals surface area contributed by atoms with Crippen LogP contribution in [-0.2, 0) is 11.2 Å². The molecule has 1 amide bonds. The number of benzene rings is 1. The van der Waals surface area contributed by atoms with E-state index in [2.05, 4.69) is 10.3 Å². The van der Waals surface area contributed by atoms with Crippen LogP contribution in [0.1, 0.15) is 16.1 Å². The number of thiazole rings is 1. The molecule has 0 unspecified atom stereocenters. The molecule has 2 aromatic rings. The number of anilines is 1. The first-order chi connectivity index (χ1) is 8.97. The predicted molar refractivity (Wildman–Crippen MR) is 77.7 cm³/mol. The molecule has 100 valence electrons. The maximum Gasteiger partial charge on any atom is 0.229 e. The highest BCUT2D eigenvalue weighted by atomic mass is 32.1. The maximum atomic E-state index is 13.4. The molecular weight excluding hydrogens is 283 g/mol. The normalized spacial score (nSPS) is 10.5. The Bertz CT molecular complexity index is 676. The van der Waals surface area contributed by atoms with Gasteiger partial charge >= 0.3 is 0 Å². The molecule has 19 heavy (non-hydrogen) atoms. The van der Waals surface area contributed by atoms with Crippen molar-refractivity contribution in [3.05, 3.63) is 44.1 Å². The highest BCUT2D eigenvalue weighted by Gasteiger charge is 2.11. The third kappa shape index (κ3) is 3.27. The van der Waals surface area contributed by atoms with E-state index in [1.165, 1.54) is 17.4 Å². The number of rotatable bonds is 3. The van der Waals surface area contributed by atoms with Crippen LogP contribution in [0, 0.1) is 23.6 Å². The minimum atomic E-state index is -0.328. The Morgan fingerprint density at radius 1 is 1.47 bits per heavy atom. The molecular formula is C13H13FN2OS2. The van der Waals surface area contributed by atoms with Crippen LogP contribution in [0.15, 0.2) is 18.2 Å². The molecule has 1 aromatic heterocycles. The van der Waals surface area contributed by atoms with E-state index in [9.17, 15) is 9.18 Å². The number of amides is 1. The number of H-pyrrole nitrogens is 1. The molecule has 0 radical (unpaired) electrons. The number of nitrogens with one attached hydrogen (secondary N) is 2. The lowest BCUT2D eigenvalue weighted by atomic mass is 10.2. The second-order valence-electron chi connectivity index (χ2n) is 4.20. The summed E-state index contributed by atoms with van der Waals surface area (Å²) >= 11 is 6.41. The summed E-state index contributed by atoms with van der Waals surface area (Å²) in [5.41, 5.74) is 1.84. The zero-order valence-corrected chi connectivity index (χ0v) is 12.2. The number of hydrogen-bond donors (Lipinski definition) is 2. The lowest BCUT2D eigenvalue weighted by Crippen LogP contribution is -2.15. The molecule has 0 spiro atoms. The average Bonchev–Trinajstić information content (AvgIpc) is 2.64. The summed E-state index contributed by atoms with van der Waals surface area (Å²) in [6, 6.07) is 4.62. The Hall–Kier alpha value is -1.53. The Morgan fingerprint density at radius 2 is 2.21 bits per heavy atom. The summed E-state index contributed by atoms with van der Waals surface area (Å²) < 4.78 is 14.0. The highest BCUT2D eigenvalue weighted by Crippen LogP contribution is 2.19. The average molecular weight is 296 g/mol. The number of carbonyl (C=O) groups is 1. The van der Waals surface area contributed by atoms with Gasteiger partial charge in [-0.3, -0.25) is 4.79 Å². The fourth-order valence-corrected chi connectivity index (χ4v) is 2.98. The van der Waals surface area contributed by atoms with Gasteiger partial charge in [0.25, 0.3) is 0 Å². The van der Waals surface area contributed by atoms with Gasteiger partial charge in [-0.1, -0.05) is 6.07 Å². The van der Waals surface area contributed by atoms with Crippen LogP contribution in [0.25, 0.3) is 0 Å². The zero-order chi connectivity index (χ0) is 14.0. The van der Waals surface area contributed by atoms with Crippen LogP contribution in [0.2, 0.25) is 0 Å². The van der Waals surface area contributed by atoms with Crippen molar-refractivity contribution in [2.45, 2.75) is 20.3 Å². The van der Waals surface area contributed by atoms with Crippen molar-refractivity contribution < 1.29 is 9.18 Å². The number of hydrogen-bond acceptors (Lipinski definition) is 3. The second kappa shape index (κ2) is 5.63. The molecule has 1 heterocycles. The fraction of sp³-hybridized carbons (Fsp3) is 0.231. The number of aromatic amines is 1. The van der Waals surface area contributed by atoms with E-state index < -0.39 is 0 Å². The Labute approximate surface area is 119 Å². The van der Waals surface area contributed by atoms with E-state index in [-0.39, 0.29) is 18.1 Å². The van der Waals surface area contributed by atoms with Gasteiger partial charge in [0, 0.05) is 21.8 Å². The molecule has 2 rings (SSSR count). The first kappa shape index (κ1) is 13.9. The van der Waals surface area contributed by atoms with Gasteiger partial charge < -0.3 is 10.3 Å². The lowest BCUT2D eigenvalue weighted by Gasteiger charge is -2.08. The molecule has 0 fully saturated rings. The molecule has 0 aliphatic heterocycles. The van der Waals surface area contributed by atoms with Gasteiger partial charge in [-0.25, -0.2) is 4.39 Å². The molecule has 2 N–H and O–H groups in total. The summed E-state index contributed by atoms with van der Waals surface area (Å²) in [6.07, 6.45) is 0.236. The van der Waals surface area contributed by atoms with Crippen LogP contribution in [-0.4, -0.2) is 10.9 Å². The van der Waals surface area contributed by atoms with E-state index in [1.807, 2.05) is 6.92 Å². The minimum absolute atomic E-state index is 0.179. The molecule has 0 atom stereocenters. The molecule has 0 saturated heterocycles. The fourth-order valence-electron chi connectivity index (χ4n) is 1.69. The SMILES string of the molecule is Cc1[nH]c(=S)sc1CC(=O)Nc1cccc(F)c1C. The summed E-state index contributed by atoms with van der Waals surface area (Å²) in [7, 11) is 0. The summed E-state index contributed by atoms with van der Waals surface area (Å²) in [5.74, 6) is -0.506. The van der Waals surface area contributed by atoms with Crippen molar-refractivity contribution in [2.24, 2.45) is 0 Å². The van der Waals surface area contributed by atoms with Gasteiger partial charge in [0.15, 0.2) is 3.95 Å². The molecule has 0 saturated carbocycles. The molecule has 0 aliphatic rings. The molecule has 0 bridgehead atoms. The van der Waals surface area contributed by atoms with Crippen molar-refractivity contribution in [2.75, 3.05) is 5.32 Å². The predicted octanol–water partition coefficient (Wildman–Crippen LogP) is 3.74. The third-order valence-corrected chi connectivity index (χ3v) is 4.12. The van der Waals surface area contributed by atoms with Gasteiger partial charge in [-0.05, 0) is 38.2 Å². The number of carbonyl (C=O) groups excluding carboxylic acids is 1. The van der Waals surface area contributed by atoms with Gasteiger partial charge in [0.05, 0.1) is 6.42 Å². The first-order valence-corrected chi connectivity index (χ1v) is 6.93. The Morgan fingerprint density at radius 3 is 2.84 bits per heavy atom. The monoisotopic (exact) mass is 296 g/mol. The smallest absolute Gasteiger partial charge is 0.229 e. The van der Waals surface area contributed by atoms with Crippen LogP contribution in [0.4, 0.5) is 10.1 Å². The van der Waals surface area contributed by atoms with Gasteiger partial charge in [0.2, 0.25) is 5.91 Å². The number of aryl methyl sites for hydroxylation is 1. The standard InChI is InChI=1S/C13H13FN2OS2/c1-7-9(14)4-3-5-10(7)16-12(17)6-11-8(2)15-13(18)19-11/h3-5H,6H2,1-2H3,(H,15,18)(H,16,17). The summed E-state index contributed by atoms with van der Waals surface area (Å²) in [6.45, 7) is 3.51. The van der Waals surface area contributed by atoms with Gasteiger partial charge in [-0.15, -0.1) is 11.3 Å². The molecule has 3 nitrogen and oxygen atoms in total. The van der Waals surface area contributed by atoms with Gasteiger partial charge in [-0.2, -0.15) is 0 Å². The van der Waals surface area contributed by atoms with E-state index in [1.54, 1.807) is 19.1 Å². The quantitative estimate of drug-likeness (QED) is 0.847. The first-order valence-electron chi connectivity index (χ1n) is 5.71. The Balaban J connectivity index is 2.12. The number of aromatic nitrogens is 1. The van der Waals surface area contributed by atoms with Crippen molar-refractivity contribution in [1.82, 2.24) is 4.98 Å². The topological polar surface area (TPSA) is 44.9 Å². The minimum Gasteiger partial charge on any atom is -0.341 e. The summed E-state index contributed by atoms with van der Waals surface area (Å²) in [5, 5.41) is 2.72. The maximum absolute atomic E-state index is 13.4.